The highest BCUT2D eigenvalue weighted by Crippen LogP contribution is 2.43. The van der Waals surface area contributed by atoms with Crippen LogP contribution in [0.15, 0.2) is 97.2 Å². The van der Waals surface area contributed by atoms with Crippen molar-refractivity contribution in [2.75, 3.05) is 40.9 Å². The van der Waals surface area contributed by atoms with Gasteiger partial charge in [-0.1, -0.05) is 394 Å². The molecule has 0 aliphatic rings. The smallest absolute Gasteiger partial charge is 0.387 e. The Morgan fingerprint density at radius 2 is 0.642 bits per heavy atom. The van der Waals surface area contributed by atoms with E-state index < -0.39 is 20.0 Å². The molecule has 3 N–H and O–H groups in total. The lowest BCUT2D eigenvalue weighted by Crippen LogP contribution is -2.45. The summed E-state index contributed by atoms with van der Waals surface area (Å²) in [6, 6.07) is -0.875. The summed E-state index contributed by atoms with van der Waals surface area (Å²) < 4.78 is 23.9. The van der Waals surface area contributed by atoms with Gasteiger partial charge in [0.2, 0.25) is 5.91 Å². The SMILES string of the molecule is CC/C=C\C/C=C\C/C=C\C/C=C\C/C=C\CCCCCCCCCCCCCCCCCCCCCCCCCCCC(=O)NC(COP(=O)(O)OCC[N+](C)(C)C)C(O)/C=C/CC/C=C/CC/C=C/CCCCCCCCCCCCCCCCCCCCCCCC. The molecule has 0 aromatic rings. The lowest BCUT2D eigenvalue weighted by Gasteiger charge is -2.25. The monoisotopic (exact) mass is 1350 g/mol. The van der Waals surface area contributed by atoms with Crippen LogP contribution in [0.25, 0.3) is 0 Å². The summed E-state index contributed by atoms with van der Waals surface area (Å²) in [5.41, 5.74) is 0. The third-order valence-corrected chi connectivity index (χ3v) is 19.5. The molecule has 0 aliphatic carbocycles. The predicted molar refractivity (Wildman–Crippen MR) is 419 cm³/mol. The van der Waals surface area contributed by atoms with E-state index in [0.29, 0.717) is 17.4 Å². The molecule has 95 heavy (non-hydrogen) atoms. The third kappa shape index (κ3) is 78.6. The van der Waals surface area contributed by atoms with Gasteiger partial charge in [0.15, 0.2) is 0 Å². The van der Waals surface area contributed by atoms with Gasteiger partial charge in [0.25, 0.3) is 0 Å². The van der Waals surface area contributed by atoms with Gasteiger partial charge in [-0.25, -0.2) is 4.57 Å². The van der Waals surface area contributed by atoms with Crippen molar-refractivity contribution in [3.05, 3.63) is 97.2 Å². The van der Waals surface area contributed by atoms with E-state index >= 15 is 0 Å². The van der Waals surface area contributed by atoms with Gasteiger partial charge in [0.1, 0.15) is 13.2 Å². The number of carbonyl (C=O) groups is 1. The molecular weight excluding hydrogens is 1190 g/mol. The van der Waals surface area contributed by atoms with Gasteiger partial charge in [-0.15, -0.1) is 0 Å². The maximum Gasteiger partial charge on any atom is 0.472 e. The fraction of sp³-hybridized carbons (Fsp3) is 0.802. The van der Waals surface area contributed by atoms with Gasteiger partial charge in [0.05, 0.1) is 39.9 Å². The average Bonchev–Trinajstić information content (AvgIpc) is 2.01. The van der Waals surface area contributed by atoms with E-state index in [1.165, 1.54) is 295 Å². The number of carbonyl (C=O) groups excluding carboxylic acids is 1. The maximum absolute atomic E-state index is 13.1. The Bertz CT molecular complexity index is 1880. The number of unbranched alkanes of at least 4 members (excludes halogenated alkanes) is 49. The zero-order valence-electron chi connectivity index (χ0n) is 63.7. The van der Waals surface area contributed by atoms with Crippen LogP contribution in [0.5, 0.6) is 0 Å². The number of phosphoric ester groups is 1. The van der Waals surface area contributed by atoms with Crippen LogP contribution in [-0.2, 0) is 18.4 Å². The van der Waals surface area contributed by atoms with Crippen molar-refractivity contribution in [2.45, 2.75) is 405 Å². The number of quaternary nitrogens is 1. The Morgan fingerprint density at radius 3 is 0.968 bits per heavy atom. The number of rotatable bonds is 76. The Hall–Kier alpha value is -2.58. The summed E-state index contributed by atoms with van der Waals surface area (Å²) in [7, 11) is 1.56. The van der Waals surface area contributed by atoms with Crippen LogP contribution in [0, 0.1) is 0 Å². The summed E-state index contributed by atoms with van der Waals surface area (Å²) in [6.07, 6.45) is 111. The summed E-state index contributed by atoms with van der Waals surface area (Å²) in [4.78, 5) is 23.5. The molecule has 1 amide bonds. The molecule has 0 aliphatic heterocycles. The lowest BCUT2D eigenvalue weighted by molar-refractivity contribution is -0.870. The molecule has 0 radical (unpaired) electrons. The first-order chi connectivity index (χ1) is 46.5. The van der Waals surface area contributed by atoms with Crippen LogP contribution < -0.4 is 5.32 Å². The summed E-state index contributed by atoms with van der Waals surface area (Å²) in [5, 5.41) is 14.0. The van der Waals surface area contributed by atoms with Crippen molar-refractivity contribution >= 4 is 13.7 Å². The lowest BCUT2D eigenvalue weighted by atomic mass is 10.0. The van der Waals surface area contributed by atoms with Gasteiger partial charge in [-0.3, -0.25) is 13.8 Å². The molecule has 0 aromatic carbocycles. The largest absolute Gasteiger partial charge is 0.472 e. The number of aliphatic hydroxyl groups is 1. The van der Waals surface area contributed by atoms with Crippen LogP contribution in [0.2, 0.25) is 0 Å². The van der Waals surface area contributed by atoms with Crippen molar-refractivity contribution in [1.82, 2.24) is 5.32 Å². The molecule has 0 fully saturated rings. The number of amides is 1. The molecule has 0 spiro atoms. The van der Waals surface area contributed by atoms with Crippen LogP contribution in [0.3, 0.4) is 0 Å². The van der Waals surface area contributed by atoms with Gasteiger partial charge in [-0.2, -0.15) is 0 Å². The molecule has 554 valence electrons. The maximum atomic E-state index is 13.1. The fourth-order valence-electron chi connectivity index (χ4n) is 12.2. The second kappa shape index (κ2) is 75.6. The quantitative estimate of drug-likeness (QED) is 0.0243. The molecule has 0 aromatic heterocycles. The third-order valence-electron chi connectivity index (χ3n) is 18.5. The number of hydrogen-bond donors (Lipinski definition) is 3. The molecule has 8 nitrogen and oxygen atoms in total. The zero-order chi connectivity index (χ0) is 69.0. The minimum absolute atomic E-state index is 0.0528. The van der Waals surface area contributed by atoms with Crippen molar-refractivity contribution in [1.29, 1.82) is 0 Å². The molecule has 3 atom stereocenters. The van der Waals surface area contributed by atoms with Crippen LogP contribution in [0.1, 0.15) is 393 Å². The fourth-order valence-corrected chi connectivity index (χ4v) is 13.0. The normalized spacial score (nSPS) is 14.0. The minimum Gasteiger partial charge on any atom is -0.387 e. The molecule has 0 rings (SSSR count). The summed E-state index contributed by atoms with van der Waals surface area (Å²) in [6.45, 7) is 4.72. The zero-order valence-corrected chi connectivity index (χ0v) is 64.5. The molecule has 3 unspecified atom stereocenters. The number of likely N-dealkylation sites (N-methyl/N-ethyl adjacent to an activating group) is 1. The van der Waals surface area contributed by atoms with E-state index in [-0.39, 0.29) is 19.1 Å². The second-order valence-electron chi connectivity index (χ2n) is 29.1. The molecule has 0 bridgehead atoms. The van der Waals surface area contributed by atoms with E-state index in [4.69, 9.17) is 9.05 Å². The van der Waals surface area contributed by atoms with Crippen molar-refractivity contribution < 1.29 is 32.9 Å². The van der Waals surface area contributed by atoms with Crippen LogP contribution >= 0.6 is 7.82 Å². The van der Waals surface area contributed by atoms with Gasteiger partial charge in [0, 0.05) is 6.42 Å². The van der Waals surface area contributed by atoms with E-state index in [0.717, 1.165) is 77.0 Å². The van der Waals surface area contributed by atoms with Crippen molar-refractivity contribution in [2.24, 2.45) is 0 Å². The number of nitrogens with zero attached hydrogens (tertiary/aromatic N) is 1. The highest BCUT2D eigenvalue weighted by molar-refractivity contribution is 7.47. The standard InChI is InChI=1S/C86H159N2O6P/c1-6-8-10-12-14-16-18-20-22-24-26-28-30-32-34-36-38-40-41-42-43-44-45-46-47-48-50-52-54-56-58-60-62-64-66-68-70-72-74-76-78-80-86(90)87-84(83-94-95(91,92)93-82-81-88(3,4)5)85(89)79-77-75-73-71-69-67-65-63-61-59-57-55-53-51-49-39-37-35-33-31-29-27-25-23-21-19-17-15-13-11-9-7-2/h8,10,14,16,20,22,26,28,32,34,61,63,69,71,77,79,84-85,89H,6-7,9,11-13,15,17-19,21,23-25,27,29-31,33,35-60,62,64-68,70,72-76,78,80-83H2,1-5H3,(H-,87,90,91,92)/p+1/b10-8-,16-14-,22-20-,28-26-,34-32-,63-61+,71-69+,79-77+. The molecular formula is C86H160N2O6P+. The first-order valence-corrected chi connectivity index (χ1v) is 42.6. The van der Waals surface area contributed by atoms with E-state index in [1.54, 1.807) is 6.08 Å². The van der Waals surface area contributed by atoms with Gasteiger partial charge in [-0.05, 0) is 89.9 Å². The first kappa shape index (κ1) is 92.4. The Balaban J connectivity index is 3.98. The number of aliphatic hydroxyl groups excluding tert-OH is 1. The highest BCUT2D eigenvalue weighted by Gasteiger charge is 2.28. The number of hydrogen-bond acceptors (Lipinski definition) is 5. The highest BCUT2D eigenvalue weighted by atomic mass is 31.2. The molecule has 0 saturated carbocycles. The number of allylic oxidation sites excluding steroid dienone is 15. The van der Waals surface area contributed by atoms with Crippen LogP contribution in [-0.4, -0.2) is 73.4 Å². The Morgan fingerprint density at radius 1 is 0.368 bits per heavy atom. The Labute approximate surface area is 591 Å². The molecule has 9 heteroatoms. The second-order valence-corrected chi connectivity index (χ2v) is 30.6. The first-order valence-electron chi connectivity index (χ1n) is 41.1. The molecule has 0 heterocycles. The predicted octanol–water partition coefficient (Wildman–Crippen LogP) is 27.2. The van der Waals surface area contributed by atoms with Gasteiger partial charge >= 0.3 is 7.82 Å². The average molecular weight is 1350 g/mol. The van der Waals surface area contributed by atoms with E-state index in [1.807, 2.05) is 27.2 Å². The summed E-state index contributed by atoms with van der Waals surface area (Å²) >= 11 is 0. The topological polar surface area (TPSA) is 105 Å². The van der Waals surface area contributed by atoms with E-state index in [9.17, 15) is 19.4 Å². The van der Waals surface area contributed by atoms with Gasteiger partial charge < -0.3 is 19.8 Å². The van der Waals surface area contributed by atoms with E-state index in [2.05, 4.69) is 104 Å². The number of phosphoric acid groups is 1. The van der Waals surface area contributed by atoms with Crippen molar-refractivity contribution in [3.63, 3.8) is 0 Å². The Kier molecular flexibility index (Phi) is 73.6. The molecule has 0 saturated heterocycles. The number of nitrogens with one attached hydrogen (secondary N) is 1. The summed E-state index contributed by atoms with van der Waals surface area (Å²) in [5.74, 6) is -0.185. The van der Waals surface area contributed by atoms with Crippen LogP contribution in [0.4, 0.5) is 0 Å². The minimum atomic E-state index is -4.37. The van der Waals surface area contributed by atoms with Crippen molar-refractivity contribution in [3.8, 4) is 0 Å².